The van der Waals surface area contributed by atoms with E-state index in [1.165, 1.54) is 0 Å². The van der Waals surface area contributed by atoms with E-state index in [-0.39, 0.29) is 5.56 Å². The summed E-state index contributed by atoms with van der Waals surface area (Å²) in [6.45, 7) is 0. The van der Waals surface area contributed by atoms with Crippen LogP contribution in [-0.2, 0) is 7.05 Å². The SMILES string of the molecule is Cn1ccc2[nH]ccc2c1=O. The first-order chi connectivity index (χ1) is 5.29. The molecule has 0 bridgehead atoms. The van der Waals surface area contributed by atoms with Crippen LogP contribution in [0.2, 0.25) is 0 Å². The second kappa shape index (κ2) is 1.99. The van der Waals surface area contributed by atoms with E-state index in [1.54, 1.807) is 30.1 Å². The molecule has 3 nitrogen and oxygen atoms in total. The summed E-state index contributed by atoms with van der Waals surface area (Å²) in [5, 5.41) is 0.745. The molecule has 0 radical (unpaired) electrons. The molecule has 0 aliphatic carbocycles. The average Bonchev–Trinajstić information content (AvgIpc) is 2.45. The lowest BCUT2D eigenvalue weighted by Crippen LogP contribution is -2.14. The van der Waals surface area contributed by atoms with Crippen molar-refractivity contribution in [2.75, 3.05) is 0 Å². The summed E-state index contributed by atoms with van der Waals surface area (Å²) in [7, 11) is 1.74. The van der Waals surface area contributed by atoms with E-state index in [4.69, 9.17) is 0 Å². The molecule has 2 aromatic heterocycles. The molecule has 2 heterocycles. The van der Waals surface area contributed by atoms with Gasteiger partial charge in [0.25, 0.3) is 5.56 Å². The van der Waals surface area contributed by atoms with Crippen LogP contribution in [0.15, 0.2) is 29.3 Å². The minimum absolute atomic E-state index is 0.0451. The first-order valence-electron chi connectivity index (χ1n) is 3.42. The Morgan fingerprint density at radius 3 is 3.09 bits per heavy atom. The fraction of sp³-hybridized carbons (Fsp3) is 0.125. The first-order valence-corrected chi connectivity index (χ1v) is 3.42. The number of aryl methyl sites for hydroxylation is 1. The predicted molar refractivity (Wildman–Crippen MR) is 43.5 cm³/mol. The molecule has 0 aromatic carbocycles. The minimum Gasteiger partial charge on any atom is -0.361 e. The average molecular weight is 148 g/mol. The van der Waals surface area contributed by atoms with Crippen molar-refractivity contribution in [3.63, 3.8) is 0 Å². The van der Waals surface area contributed by atoms with Crippen molar-refractivity contribution in [2.45, 2.75) is 0 Å². The summed E-state index contributed by atoms with van der Waals surface area (Å²) in [6, 6.07) is 3.68. The fourth-order valence-corrected chi connectivity index (χ4v) is 1.15. The highest BCUT2D eigenvalue weighted by Crippen LogP contribution is 2.04. The van der Waals surface area contributed by atoms with Crippen LogP contribution in [0, 0.1) is 0 Å². The van der Waals surface area contributed by atoms with Gasteiger partial charge in [-0.2, -0.15) is 0 Å². The van der Waals surface area contributed by atoms with Crippen molar-refractivity contribution in [1.82, 2.24) is 9.55 Å². The maximum atomic E-state index is 11.3. The predicted octanol–water partition coefficient (Wildman–Crippen LogP) is 0.867. The largest absolute Gasteiger partial charge is 0.361 e. The number of nitrogens with one attached hydrogen (secondary N) is 1. The van der Waals surface area contributed by atoms with Crippen LogP contribution < -0.4 is 5.56 Å². The molecule has 11 heavy (non-hydrogen) atoms. The molecular formula is C8H8N2O. The molecule has 0 saturated heterocycles. The third-order valence-electron chi connectivity index (χ3n) is 1.79. The van der Waals surface area contributed by atoms with E-state index in [1.807, 2.05) is 6.07 Å². The number of hydrogen-bond donors (Lipinski definition) is 1. The Labute approximate surface area is 63.3 Å². The van der Waals surface area contributed by atoms with Gasteiger partial charge in [0, 0.05) is 19.4 Å². The highest BCUT2D eigenvalue weighted by molar-refractivity contribution is 5.77. The minimum atomic E-state index is 0.0451. The van der Waals surface area contributed by atoms with Crippen LogP contribution in [0.25, 0.3) is 10.9 Å². The van der Waals surface area contributed by atoms with Gasteiger partial charge in [-0.1, -0.05) is 0 Å². The topological polar surface area (TPSA) is 37.8 Å². The molecule has 0 aliphatic heterocycles. The van der Waals surface area contributed by atoms with E-state index in [9.17, 15) is 4.79 Å². The first kappa shape index (κ1) is 6.22. The number of pyridine rings is 1. The molecule has 0 amide bonds. The second-order valence-corrected chi connectivity index (χ2v) is 2.54. The molecule has 0 fully saturated rings. The van der Waals surface area contributed by atoms with Crippen LogP contribution in [0.4, 0.5) is 0 Å². The van der Waals surface area contributed by atoms with Gasteiger partial charge in [0.2, 0.25) is 0 Å². The summed E-state index contributed by atoms with van der Waals surface area (Å²) in [6.07, 6.45) is 3.52. The third kappa shape index (κ3) is 0.774. The van der Waals surface area contributed by atoms with Gasteiger partial charge in [0.05, 0.1) is 10.9 Å². The molecule has 0 atom stereocenters. The number of H-pyrrole nitrogens is 1. The van der Waals surface area contributed by atoms with Gasteiger partial charge in [-0.3, -0.25) is 4.79 Å². The van der Waals surface area contributed by atoms with Gasteiger partial charge < -0.3 is 9.55 Å². The standard InChI is InChI=1S/C8H8N2O/c1-10-5-3-7-6(8(10)11)2-4-9-7/h2-5,9H,1H3. The number of fused-ring (bicyclic) bond motifs is 1. The Kier molecular flexibility index (Phi) is 1.12. The zero-order valence-electron chi connectivity index (χ0n) is 6.16. The zero-order valence-corrected chi connectivity index (χ0v) is 6.16. The van der Waals surface area contributed by atoms with E-state index >= 15 is 0 Å². The Hall–Kier alpha value is -1.51. The molecule has 2 rings (SSSR count). The molecule has 2 aromatic rings. The van der Waals surface area contributed by atoms with Crippen LogP contribution in [-0.4, -0.2) is 9.55 Å². The van der Waals surface area contributed by atoms with Crippen LogP contribution in [0.5, 0.6) is 0 Å². The summed E-state index contributed by atoms with van der Waals surface area (Å²) >= 11 is 0. The third-order valence-corrected chi connectivity index (χ3v) is 1.79. The number of rotatable bonds is 0. The molecule has 1 N–H and O–H groups in total. The van der Waals surface area contributed by atoms with Gasteiger partial charge in [-0.15, -0.1) is 0 Å². The quantitative estimate of drug-likeness (QED) is 0.591. The second-order valence-electron chi connectivity index (χ2n) is 2.54. The zero-order chi connectivity index (χ0) is 7.84. The van der Waals surface area contributed by atoms with Crippen molar-refractivity contribution >= 4 is 10.9 Å². The lowest BCUT2D eigenvalue weighted by atomic mass is 10.3. The van der Waals surface area contributed by atoms with E-state index in [0.717, 1.165) is 10.9 Å². The molecule has 0 spiro atoms. The highest BCUT2D eigenvalue weighted by atomic mass is 16.1. The van der Waals surface area contributed by atoms with Gasteiger partial charge >= 0.3 is 0 Å². The van der Waals surface area contributed by atoms with Crippen LogP contribution in [0.3, 0.4) is 0 Å². The molecule has 0 saturated carbocycles. The summed E-state index contributed by atoms with van der Waals surface area (Å²) in [4.78, 5) is 14.3. The Balaban J connectivity index is 3.05. The number of aromatic nitrogens is 2. The maximum absolute atomic E-state index is 11.3. The molecule has 0 unspecified atom stereocenters. The Morgan fingerprint density at radius 2 is 2.27 bits per heavy atom. The lowest BCUT2D eigenvalue weighted by molar-refractivity contribution is 0.873. The Morgan fingerprint density at radius 1 is 1.45 bits per heavy atom. The van der Waals surface area contributed by atoms with Gasteiger partial charge in [0.15, 0.2) is 0 Å². The van der Waals surface area contributed by atoms with Crippen molar-refractivity contribution in [3.05, 3.63) is 34.9 Å². The molecule has 56 valence electrons. The van der Waals surface area contributed by atoms with Crippen LogP contribution in [0.1, 0.15) is 0 Å². The van der Waals surface area contributed by atoms with Gasteiger partial charge in [-0.25, -0.2) is 0 Å². The van der Waals surface area contributed by atoms with E-state index in [2.05, 4.69) is 4.98 Å². The van der Waals surface area contributed by atoms with E-state index < -0.39 is 0 Å². The Bertz CT molecular complexity index is 439. The van der Waals surface area contributed by atoms with Crippen molar-refractivity contribution in [2.24, 2.45) is 7.05 Å². The summed E-state index contributed by atoms with van der Waals surface area (Å²) in [5.74, 6) is 0. The monoisotopic (exact) mass is 148 g/mol. The van der Waals surface area contributed by atoms with E-state index in [0.29, 0.717) is 0 Å². The van der Waals surface area contributed by atoms with Crippen molar-refractivity contribution in [3.8, 4) is 0 Å². The summed E-state index contributed by atoms with van der Waals surface area (Å²) < 4.78 is 1.57. The van der Waals surface area contributed by atoms with Gasteiger partial charge in [0.1, 0.15) is 0 Å². The van der Waals surface area contributed by atoms with Crippen molar-refractivity contribution in [1.29, 1.82) is 0 Å². The van der Waals surface area contributed by atoms with Crippen molar-refractivity contribution < 1.29 is 0 Å². The normalized spacial score (nSPS) is 10.6. The number of nitrogens with zero attached hydrogens (tertiary/aromatic N) is 1. The van der Waals surface area contributed by atoms with Crippen LogP contribution >= 0.6 is 0 Å². The highest BCUT2D eigenvalue weighted by Gasteiger charge is 1.98. The lowest BCUT2D eigenvalue weighted by Gasteiger charge is -1.94. The van der Waals surface area contributed by atoms with Gasteiger partial charge in [-0.05, 0) is 12.1 Å². The summed E-state index contributed by atoms with van der Waals surface area (Å²) in [5.41, 5.74) is 0.942. The number of aromatic amines is 1. The fourth-order valence-electron chi connectivity index (χ4n) is 1.15. The maximum Gasteiger partial charge on any atom is 0.259 e. The smallest absolute Gasteiger partial charge is 0.259 e. The number of hydrogen-bond acceptors (Lipinski definition) is 1. The molecule has 3 heteroatoms. The molecular weight excluding hydrogens is 140 g/mol. The molecule has 0 aliphatic rings.